The number of rotatable bonds is 5. The predicted octanol–water partition coefficient (Wildman–Crippen LogP) is 2.00. The minimum absolute atomic E-state index is 0. The normalized spacial score (nSPS) is 9.95. The molecule has 0 saturated carbocycles. The molecule has 2 aromatic rings. The van der Waals surface area contributed by atoms with Crippen molar-refractivity contribution in [3.05, 3.63) is 47.5 Å². The zero-order valence-corrected chi connectivity index (χ0v) is 12.5. The summed E-state index contributed by atoms with van der Waals surface area (Å²) in [5.41, 5.74) is 22.4. The van der Waals surface area contributed by atoms with Crippen LogP contribution in [0.15, 0.2) is 36.4 Å². The lowest BCUT2D eigenvalue weighted by molar-refractivity contribution is 0.300. The van der Waals surface area contributed by atoms with Crippen LogP contribution < -0.4 is 22.5 Å². The first kappa shape index (κ1) is 16.9. The molecule has 0 amide bonds. The SMILES string of the molecule is Cl.Nc1ccc(N)c(CNc2ccc(N)c(CCO)c2)c1. The Kier molecular flexibility index (Phi) is 6.14. The molecule has 2 aromatic carbocycles. The van der Waals surface area contributed by atoms with Crippen LogP contribution in [0.1, 0.15) is 11.1 Å². The molecule has 0 heterocycles. The number of nitrogen functional groups attached to an aromatic ring is 3. The number of anilines is 4. The van der Waals surface area contributed by atoms with Crippen LogP contribution in [0.2, 0.25) is 0 Å². The van der Waals surface area contributed by atoms with Crippen molar-refractivity contribution < 1.29 is 5.11 Å². The molecule has 2 rings (SSSR count). The summed E-state index contributed by atoms with van der Waals surface area (Å²) in [4.78, 5) is 0. The van der Waals surface area contributed by atoms with Gasteiger partial charge >= 0.3 is 0 Å². The molecule has 0 fully saturated rings. The minimum atomic E-state index is 0. The largest absolute Gasteiger partial charge is 0.399 e. The zero-order valence-electron chi connectivity index (χ0n) is 11.7. The Bertz CT molecular complexity index is 604. The van der Waals surface area contributed by atoms with Crippen molar-refractivity contribution >= 4 is 35.2 Å². The number of benzene rings is 2. The first-order chi connectivity index (χ1) is 9.60. The molecule has 8 N–H and O–H groups in total. The Morgan fingerprint density at radius 2 is 1.57 bits per heavy atom. The molecule has 5 nitrogen and oxygen atoms in total. The Morgan fingerprint density at radius 3 is 2.29 bits per heavy atom. The Morgan fingerprint density at radius 1 is 0.905 bits per heavy atom. The minimum Gasteiger partial charge on any atom is -0.399 e. The third-order valence-corrected chi connectivity index (χ3v) is 3.17. The van der Waals surface area contributed by atoms with Crippen LogP contribution in [-0.2, 0) is 13.0 Å². The summed E-state index contributed by atoms with van der Waals surface area (Å²) >= 11 is 0. The van der Waals surface area contributed by atoms with Gasteiger partial charge in [0.1, 0.15) is 0 Å². The van der Waals surface area contributed by atoms with Crippen LogP contribution >= 0.6 is 12.4 Å². The van der Waals surface area contributed by atoms with Crippen LogP contribution in [0.4, 0.5) is 22.7 Å². The highest BCUT2D eigenvalue weighted by Crippen LogP contribution is 2.21. The van der Waals surface area contributed by atoms with E-state index in [1.165, 1.54) is 0 Å². The van der Waals surface area contributed by atoms with E-state index in [1.807, 2.05) is 24.3 Å². The van der Waals surface area contributed by atoms with Crippen molar-refractivity contribution in [2.45, 2.75) is 13.0 Å². The van der Waals surface area contributed by atoms with Crippen molar-refractivity contribution in [3.8, 4) is 0 Å². The maximum atomic E-state index is 9.00. The molecule has 0 aromatic heterocycles. The first-order valence-corrected chi connectivity index (χ1v) is 6.47. The van der Waals surface area contributed by atoms with Gasteiger partial charge in [-0.15, -0.1) is 12.4 Å². The fourth-order valence-electron chi connectivity index (χ4n) is 2.03. The van der Waals surface area contributed by atoms with Gasteiger partial charge in [0.05, 0.1) is 0 Å². The second kappa shape index (κ2) is 7.61. The second-order valence-corrected chi connectivity index (χ2v) is 4.70. The van der Waals surface area contributed by atoms with Crippen LogP contribution in [0.3, 0.4) is 0 Å². The maximum absolute atomic E-state index is 9.00. The lowest BCUT2D eigenvalue weighted by Crippen LogP contribution is -2.05. The van der Waals surface area contributed by atoms with Gasteiger partial charge in [-0.1, -0.05) is 0 Å². The quantitative estimate of drug-likeness (QED) is 0.543. The number of hydrogen-bond donors (Lipinski definition) is 5. The van der Waals surface area contributed by atoms with Crippen molar-refractivity contribution in [3.63, 3.8) is 0 Å². The van der Waals surface area contributed by atoms with E-state index >= 15 is 0 Å². The van der Waals surface area contributed by atoms with Gasteiger partial charge in [-0.25, -0.2) is 0 Å². The van der Waals surface area contributed by atoms with E-state index < -0.39 is 0 Å². The smallest absolute Gasteiger partial charge is 0.0472 e. The zero-order chi connectivity index (χ0) is 14.5. The average Bonchev–Trinajstić information content (AvgIpc) is 2.43. The third-order valence-electron chi connectivity index (χ3n) is 3.17. The summed E-state index contributed by atoms with van der Waals surface area (Å²) in [6.45, 7) is 0.662. The van der Waals surface area contributed by atoms with Gasteiger partial charge in [0, 0.05) is 35.9 Å². The fraction of sp³-hybridized carbons (Fsp3) is 0.200. The van der Waals surface area contributed by atoms with Crippen molar-refractivity contribution in [1.29, 1.82) is 0 Å². The molecule has 6 heteroatoms. The number of aliphatic hydroxyl groups excluding tert-OH is 1. The summed E-state index contributed by atoms with van der Waals surface area (Å²) in [6.07, 6.45) is 0.543. The molecule has 0 aliphatic carbocycles. The van der Waals surface area contributed by atoms with Gasteiger partial charge in [0.15, 0.2) is 0 Å². The lowest BCUT2D eigenvalue weighted by atomic mass is 10.1. The molecule has 0 atom stereocenters. The number of halogens is 1. The number of hydrogen-bond acceptors (Lipinski definition) is 5. The molecule has 21 heavy (non-hydrogen) atoms. The molecule has 0 aliphatic rings. The first-order valence-electron chi connectivity index (χ1n) is 6.47. The highest BCUT2D eigenvalue weighted by atomic mass is 35.5. The summed E-state index contributed by atoms with van der Waals surface area (Å²) in [5.74, 6) is 0. The molecule has 0 bridgehead atoms. The van der Waals surface area contributed by atoms with E-state index in [2.05, 4.69) is 5.32 Å². The third kappa shape index (κ3) is 4.44. The van der Waals surface area contributed by atoms with Crippen LogP contribution in [0.5, 0.6) is 0 Å². The summed E-state index contributed by atoms with van der Waals surface area (Å²) in [6, 6.07) is 11.1. The van der Waals surface area contributed by atoms with Gasteiger partial charge in [-0.3, -0.25) is 0 Å². The molecule has 114 valence electrons. The van der Waals surface area contributed by atoms with E-state index in [-0.39, 0.29) is 19.0 Å². The van der Waals surface area contributed by atoms with Crippen molar-refractivity contribution in [1.82, 2.24) is 0 Å². The topological polar surface area (TPSA) is 110 Å². The maximum Gasteiger partial charge on any atom is 0.0472 e. The lowest BCUT2D eigenvalue weighted by Gasteiger charge is -2.12. The Labute approximate surface area is 130 Å². The van der Waals surface area contributed by atoms with Crippen LogP contribution in [-0.4, -0.2) is 11.7 Å². The highest BCUT2D eigenvalue weighted by Gasteiger charge is 2.03. The molecular weight excluding hydrogens is 288 g/mol. The molecule has 0 spiro atoms. The fourth-order valence-corrected chi connectivity index (χ4v) is 2.03. The summed E-state index contributed by atoms with van der Waals surface area (Å²) in [7, 11) is 0. The van der Waals surface area contributed by atoms with E-state index in [1.54, 1.807) is 12.1 Å². The van der Waals surface area contributed by atoms with Gasteiger partial charge in [-0.05, 0) is 53.9 Å². The van der Waals surface area contributed by atoms with Gasteiger partial charge in [0.25, 0.3) is 0 Å². The van der Waals surface area contributed by atoms with E-state index in [4.69, 9.17) is 22.3 Å². The highest BCUT2D eigenvalue weighted by molar-refractivity contribution is 5.85. The molecule has 0 saturated heterocycles. The molecule has 0 radical (unpaired) electrons. The monoisotopic (exact) mass is 308 g/mol. The average molecular weight is 309 g/mol. The van der Waals surface area contributed by atoms with Crippen LogP contribution in [0.25, 0.3) is 0 Å². The van der Waals surface area contributed by atoms with E-state index in [9.17, 15) is 0 Å². The van der Waals surface area contributed by atoms with Crippen molar-refractivity contribution in [2.75, 3.05) is 29.1 Å². The summed E-state index contributed by atoms with van der Waals surface area (Å²) < 4.78 is 0. The van der Waals surface area contributed by atoms with Gasteiger partial charge in [-0.2, -0.15) is 0 Å². The van der Waals surface area contributed by atoms with E-state index in [0.29, 0.717) is 30.0 Å². The predicted molar refractivity (Wildman–Crippen MR) is 91.5 cm³/mol. The van der Waals surface area contributed by atoms with E-state index in [0.717, 1.165) is 16.8 Å². The summed E-state index contributed by atoms with van der Waals surface area (Å²) in [5, 5.41) is 12.3. The number of nitrogens with one attached hydrogen (secondary N) is 1. The van der Waals surface area contributed by atoms with Gasteiger partial charge < -0.3 is 27.6 Å². The van der Waals surface area contributed by atoms with Crippen molar-refractivity contribution in [2.24, 2.45) is 0 Å². The Hall–Kier alpha value is -2.11. The Balaban J connectivity index is 0.00000220. The number of nitrogens with two attached hydrogens (primary N) is 3. The molecule has 0 unspecified atom stereocenters. The molecular formula is C15H21ClN4O. The standard InChI is InChI=1S/C15H20N4O.ClH/c16-12-1-3-15(18)11(7-12)9-19-13-2-4-14(17)10(8-13)5-6-20;/h1-4,7-8,19-20H,5-6,9,16-18H2;1H. The number of aliphatic hydroxyl groups is 1. The second-order valence-electron chi connectivity index (χ2n) is 4.70. The van der Waals surface area contributed by atoms with Crippen LogP contribution in [0, 0.1) is 0 Å². The molecule has 0 aliphatic heterocycles. The van der Waals surface area contributed by atoms with Gasteiger partial charge in [0.2, 0.25) is 0 Å².